The molecule has 1 aliphatic heterocycles. The number of carbonyl (C=O) groups is 1. The van der Waals surface area contributed by atoms with Crippen LogP contribution in [0.2, 0.25) is 0 Å². The van der Waals surface area contributed by atoms with Crippen molar-refractivity contribution >= 4 is 27.1 Å². The van der Waals surface area contributed by atoms with Gasteiger partial charge < -0.3 is 10.2 Å². The monoisotopic (exact) mass is 387 g/mol. The van der Waals surface area contributed by atoms with Crippen molar-refractivity contribution in [3.63, 3.8) is 0 Å². The Balaban J connectivity index is 1.80. The summed E-state index contributed by atoms with van der Waals surface area (Å²) in [6, 6.07) is 9.34. The average Bonchev–Trinajstić information content (AvgIpc) is 2.98. The fourth-order valence-corrected chi connectivity index (χ4v) is 5.27. The third-order valence-corrected chi connectivity index (χ3v) is 6.68. The van der Waals surface area contributed by atoms with Gasteiger partial charge in [-0.15, -0.1) is 0 Å². The predicted octanol–water partition coefficient (Wildman–Crippen LogP) is 2.96. The van der Waals surface area contributed by atoms with Crippen molar-refractivity contribution < 1.29 is 13.2 Å². The third-order valence-electron chi connectivity index (χ3n) is 4.93. The Labute approximate surface area is 160 Å². The van der Waals surface area contributed by atoms with E-state index in [0.29, 0.717) is 18.7 Å². The maximum Gasteiger partial charge on any atom is 0.274 e. The molecule has 1 atom stereocenters. The van der Waals surface area contributed by atoms with E-state index >= 15 is 0 Å². The van der Waals surface area contributed by atoms with Gasteiger partial charge in [0, 0.05) is 30.2 Å². The van der Waals surface area contributed by atoms with Gasteiger partial charge in [0.2, 0.25) is 0 Å². The van der Waals surface area contributed by atoms with E-state index in [9.17, 15) is 13.2 Å². The number of hydrogen-bond acceptors (Lipinski definition) is 5. The molecule has 1 amide bonds. The third kappa shape index (κ3) is 4.47. The first-order valence-corrected chi connectivity index (χ1v) is 10.9. The maximum absolute atomic E-state index is 12.7. The molecule has 1 aliphatic rings. The van der Waals surface area contributed by atoms with Crippen molar-refractivity contribution in [3.8, 4) is 0 Å². The van der Waals surface area contributed by atoms with Gasteiger partial charge in [-0.1, -0.05) is 17.7 Å². The van der Waals surface area contributed by atoms with Gasteiger partial charge in [0.1, 0.15) is 5.69 Å². The lowest BCUT2D eigenvalue weighted by Crippen LogP contribution is -2.36. The summed E-state index contributed by atoms with van der Waals surface area (Å²) in [6.45, 7) is 6.61. The molecular formula is C20H25N3O3S. The Morgan fingerprint density at radius 1 is 1.26 bits per heavy atom. The van der Waals surface area contributed by atoms with Gasteiger partial charge >= 0.3 is 0 Å². The standard InChI is InChI=1S/C20H25N3O3S/c1-4-23(17-8-10-27(25,26)13-17)16-7-9-21-19(12-16)20(24)22-18-6-5-14(2)11-15(18)3/h5-7,9,11-12,17H,4,8,10,13H2,1-3H3,(H,22,24). The largest absolute Gasteiger partial charge is 0.368 e. The molecule has 3 rings (SSSR count). The molecule has 2 heterocycles. The molecule has 1 aromatic heterocycles. The van der Waals surface area contributed by atoms with Gasteiger partial charge in [0.25, 0.3) is 5.91 Å². The van der Waals surface area contributed by atoms with Gasteiger partial charge in [0.15, 0.2) is 9.84 Å². The lowest BCUT2D eigenvalue weighted by molar-refractivity contribution is 0.102. The minimum atomic E-state index is -2.97. The van der Waals surface area contributed by atoms with Crippen LogP contribution >= 0.6 is 0 Å². The minimum absolute atomic E-state index is 0.0577. The second-order valence-corrected chi connectivity index (χ2v) is 9.24. The molecule has 0 spiro atoms. The number of anilines is 2. The van der Waals surface area contributed by atoms with Crippen LogP contribution in [0.3, 0.4) is 0 Å². The molecule has 1 unspecified atom stereocenters. The van der Waals surface area contributed by atoms with Crippen LogP contribution < -0.4 is 10.2 Å². The Bertz CT molecular complexity index is 957. The quantitative estimate of drug-likeness (QED) is 0.853. The highest BCUT2D eigenvalue weighted by molar-refractivity contribution is 7.91. The Morgan fingerprint density at radius 3 is 2.67 bits per heavy atom. The summed E-state index contributed by atoms with van der Waals surface area (Å²) < 4.78 is 23.6. The van der Waals surface area contributed by atoms with E-state index < -0.39 is 9.84 Å². The second kappa shape index (κ2) is 7.68. The summed E-state index contributed by atoms with van der Waals surface area (Å²) in [7, 11) is -2.97. The zero-order valence-corrected chi connectivity index (χ0v) is 16.7. The van der Waals surface area contributed by atoms with E-state index in [1.54, 1.807) is 12.3 Å². The number of nitrogens with one attached hydrogen (secondary N) is 1. The molecular weight excluding hydrogens is 362 g/mol. The maximum atomic E-state index is 12.7. The van der Waals surface area contributed by atoms with Crippen LogP contribution in [-0.4, -0.2) is 43.4 Å². The lowest BCUT2D eigenvalue weighted by Gasteiger charge is -2.29. The number of carbonyl (C=O) groups excluding carboxylic acids is 1. The van der Waals surface area contributed by atoms with Crippen LogP contribution in [0, 0.1) is 13.8 Å². The molecule has 27 heavy (non-hydrogen) atoms. The first-order valence-electron chi connectivity index (χ1n) is 9.11. The lowest BCUT2D eigenvalue weighted by atomic mass is 10.1. The van der Waals surface area contributed by atoms with E-state index in [0.717, 1.165) is 22.5 Å². The molecule has 0 aliphatic carbocycles. The van der Waals surface area contributed by atoms with E-state index in [1.807, 2.05) is 49.9 Å². The molecule has 2 aromatic rings. The van der Waals surface area contributed by atoms with Crippen LogP contribution in [0.4, 0.5) is 11.4 Å². The zero-order valence-electron chi connectivity index (χ0n) is 15.9. The van der Waals surface area contributed by atoms with Gasteiger partial charge in [-0.25, -0.2) is 8.42 Å². The number of aryl methyl sites for hydroxylation is 2. The molecule has 6 nitrogen and oxygen atoms in total. The van der Waals surface area contributed by atoms with Crippen LogP contribution in [0.5, 0.6) is 0 Å². The number of nitrogens with zero attached hydrogens (tertiary/aromatic N) is 2. The van der Waals surface area contributed by atoms with Gasteiger partial charge in [-0.05, 0) is 51.0 Å². The highest BCUT2D eigenvalue weighted by atomic mass is 32.2. The first kappa shape index (κ1) is 19.4. The summed E-state index contributed by atoms with van der Waals surface area (Å²) in [5.41, 5.74) is 4.01. The van der Waals surface area contributed by atoms with Crippen molar-refractivity contribution in [2.45, 2.75) is 33.2 Å². The molecule has 0 saturated carbocycles. The van der Waals surface area contributed by atoms with Crippen molar-refractivity contribution in [1.29, 1.82) is 0 Å². The Hall–Kier alpha value is -2.41. The van der Waals surface area contributed by atoms with Crippen molar-refractivity contribution in [2.24, 2.45) is 0 Å². The zero-order chi connectivity index (χ0) is 19.6. The Kier molecular flexibility index (Phi) is 5.51. The molecule has 0 bridgehead atoms. The molecule has 7 heteroatoms. The minimum Gasteiger partial charge on any atom is -0.368 e. The molecule has 1 saturated heterocycles. The highest BCUT2D eigenvalue weighted by Crippen LogP contribution is 2.25. The van der Waals surface area contributed by atoms with Gasteiger partial charge in [0.05, 0.1) is 11.5 Å². The van der Waals surface area contributed by atoms with Gasteiger partial charge in [-0.2, -0.15) is 0 Å². The second-order valence-electron chi connectivity index (χ2n) is 7.01. The predicted molar refractivity (Wildman–Crippen MR) is 108 cm³/mol. The number of aromatic nitrogens is 1. The smallest absolute Gasteiger partial charge is 0.274 e. The van der Waals surface area contributed by atoms with Gasteiger partial charge in [-0.3, -0.25) is 9.78 Å². The van der Waals surface area contributed by atoms with E-state index in [1.165, 1.54) is 0 Å². The summed E-state index contributed by atoms with van der Waals surface area (Å²) in [6.07, 6.45) is 2.21. The van der Waals surface area contributed by atoms with Crippen LogP contribution in [-0.2, 0) is 9.84 Å². The van der Waals surface area contributed by atoms with Crippen LogP contribution in [0.15, 0.2) is 36.5 Å². The van der Waals surface area contributed by atoms with Crippen LogP contribution in [0.25, 0.3) is 0 Å². The van der Waals surface area contributed by atoms with E-state index in [2.05, 4.69) is 10.3 Å². The molecule has 0 radical (unpaired) electrons. The average molecular weight is 388 g/mol. The normalized spacial score (nSPS) is 18.3. The summed E-state index contributed by atoms with van der Waals surface area (Å²) in [4.78, 5) is 18.9. The Morgan fingerprint density at radius 2 is 2.04 bits per heavy atom. The first-order chi connectivity index (χ1) is 12.8. The number of rotatable bonds is 5. The molecule has 144 valence electrons. The van der Waals surface area contributed by atoms with Crippen molar-refractivity contribution in [1.82, 2.24) is 4.98 Å². The summed E-state index contributed by atoms with van der Waals surface area (Å²) in [5.74, 6) is 0.103. The van der Waals surface area contributed by atoms with Crippen LogP contribution in [0.1, 0.15) is 35.0 Å². The number of pyridine rings is 1. The number of hydrogen-bond donors (Lipinski definition) is 1. The molecule has 1 aromatic carbocycles. The molecule has 1 N–H and O–H groups in total. The van der Waals surface area contributed by atoms with E-state index in [4.69, 9.17) is 0 Å². The fraction of sp³-hybridized carbons (Fsp3) is 0.400. The van der Waals surface area contributed by atoms with Crippen molar-refractivity contribution in [2.75, 3.05) is 28.3 Å². The SMILES string of the molecule is CCN(c1ccnc(C(=O)Nc2ccc(C)cc2C)c1)C1CCS(=O)(=O)C1. The summed E-state index contributed by atoms with van der Waals surface area (Å²) >= 11 is 0. The van der Waals surface area contributed by atoms with E-state index in [-0.39, 0.29) is 23.5 Å². The van der Waals surface area contributed by atoms with Crippen molar-refractivity contribution in [3.05, 3.63) is 53.3 Å². The number of amides is 1. The fourth-order valence-electron chi connectivity index (χ4n) is 3.54. The summed E-state index contributed by atoms with van der Waals surface area (Å²) in [5, 5.41) is 2.90. The number of benzene rings is 1. The number of sulfone groups is 1. The molecule has 1 fully saturated rings. The topological polar surface area (TPSA) is 79.4 Å². The highest BCUT2D eigenvalue weighted by Gasteiger charge is 2.32.